The highest BCUT2D eigenvalue weighted by molar-refractivity contribution is 6.87. The molecule has 0 saturated heterocycles. The van der Waals surface area contributed by atoms with Crippen LogP contribution >= 0.6 is 0 Å². The molecule has 17 heavy (non-hydrogen) atoms. The molecule has 0 amide bonds. The van der Waals surface area contributed by atoms with Gasteiger partial charge in [-0.3, -0.25) is 4.79 Å². The lowest BCUT2D eigenvalue weighted by Crippen LogP contribution is -2.35. The number of carbonyl (C=O) groups excluding carboxylic acids is 1. The number of rotatable bonds is 1. The highest BCUT2D eigenvalue weighted by atomic mass is 28.3. The molecular weight excluding hydrogens is 224 g/mol. The summed E-state index contributed by atoms with van der Waals surface area (Å²) in [5, 5.41) is 1.25. The van der Waals surface area contributed by atoms with Gasteiger partial charge in [0.15, 0.2) is 5.78 Å². The van der Waals surface area contributed by atoms with Crippen LogP contribution in [0.5, 0.6) is 0 Å². The lowest BCUT2D eigenvalue weighted by Gasteiger charge is -2.36. The van der Waals surface area contributed by atoms with E-state index in [4.69, 9.17) is 0 Å². The average molecular weight is 248 g/mol. The molecule has 0 aliphatic heterocycles. The highest BCUT2D eigenvalue weighted by Crippen LogP contribution is 2.64. The van der Waals surface area contributed by atoms with E-state index in [1.165, 1.54) is 18.0 Å². The van der Waals surface area contributed by atoms with Crippen LogP contribution in [0.1, 0.15) is 26.7 Å². The first kappa shape index (κ1) is 11.7. The van der Waals surface area contributed by atoms with Crippen molar-refractivity contribution in [2.75, 3.05) is 0 Å². The van der Waals surface area contributed by atoms with Crippen molar-refractivity contribution in [1.29, 1.82) is 0 Å². The zero-order valence-electron chi connectivity index (χ0n) is 11.7. The molecule has 94 valence electrons. The standard InChI is InChI=1S/C15H24OSi/c1-15(2)8-9-6-11(15)10-7-12(17(3,4)5)14(16)13(9)10/h7,9-11,13H,6,8H2,1-5H3/t9-,10-,11+,13-/m1/s1. The van der Waals surface area contributed by atoms with E-state index in [0.29, 0.717) is 29.0 Å². The summed E-state index contributed by atoms with van der Waals surface area (Å²) in [5.74, 6) is 2.98. The molecule has 3 aliphatic carbocycles. The van der Waals surface area contributed by atoms with Gasteiger partial charge < -0.3 is 0 Å². The minimum Gasteiger partial charge on any atom is -0.295 e. The molecule has 0 spiro atoms. The Morgan fingerprint density at radius 3 is 2.53 bits per heavy atom. The molecule has 4 atom stereocenters. The predicted octanol–water partition coefficient (Wildman–Crippen LogP) is 3.67. The molecule has 0 heterocycles. The molecule has 0 aromatic carbocycles. The smallest absolute Gasteiger partial charge is 0.158 e. The first-order chi connectivity index (χ1) is 7.72. The number of hydrogen-bond acceptors (Lipinski definition) is 1. The van der Waals surface area contributed by atoms with Crippen molar-refractivity contribution in [3.05, 3.63) is 11.3 Å². The average Bonchev–Trinajstić information content (AvgIpc) is 2.72. The number of fused-ring (bicyclic) bond motifs is 5. The van der Waals surface area contributed by atoms with Crippen molar-refractivity contribution in [3.63, 3.8) is 0 Å². The molecule has 2 fully saturated rings. The Kier molecular flexibility index (Phi) is 2.16. The molecular formula is C15H24OSi. The van der Waals surface area contributed by atoms with Crippen LogP contribution in [0.3, 0.4) is 0 Å². The van der Waals surface area contributed by atoms with Gasteiger partial charge in [-0.2, -0.15) is 0 Å². The second-order valence-corrected chi connectivity index (χ2v) is 13.1. The summed E-state index contributed by atoms with van der Waals surface area (Å²) in [6.07, 6.45) is 4.99. The predicted molar refractivity (Wildman–Crippen MR) is 73.4 cm³/mol. The Morgan fingerprint density at radius 1 is 1.29 bits per heavy atom. The minimum atomic E-state index is -1.42. The maximum atomic E-state index is 12.6. The first-order valence-electron chi connectivity index (χ1n) is 6.98. The van der Waals surface area contributed by atoms with Gasteiger partial charge in [0.05, 0.1) is 8.07 Å². The number of allylic oxidation sites excluding steroid dienone is 2. The number of ketones is 1. The molecule has 0 radical (unpaired) electrons. The SMILES string of the molecule is CC1(C)C[C@H]2C[C@H]1[C@H]1C=C([Si](C)(C)C)C(=O)[C@H]21. The molecule has 3 rings (SSSR count). The lowest BCUT2D eigenvalue weighted by molar-refractivity contribution is -0.120. The van der Waals surface area contributed by atoms with Gasteiger partial charge in [0.25, 0.3) is 0 Å². The molecule has 2 saturated carbocycles. The van der Waals surface area contributed by atoms with Crippen molar-refractivity contribution < 1.29 is 4.79 Å². The third-order valence-electron chi connectivity index (χ3n) is 5.47. The van der Waals surface area contributed by atoms with Gasteiger partial charge in [0, 0.05) is 5.92 Å². The Morgan fingerprint density at radius 2 is 1.94 bits per heavy atom. The van der Waals surface area contributed by atoms with Crippen LogP contribution in [-0.4, -0.2) is 13.9 Å². The zero-order chi connectivity index (χ0) is 12.6. The van der Waals surface area contributed by atoms with Crippen molar-refractivity contribution >= 4 is 13.9 Å². The third kappa shape index (κ3) is 1.46. The van der Waals surface area contributed by atoms with E-state index in [1.54, 1.807) is 0 Å². The van der Waals surface area contributed by atoms with Crippen molar-refractivity contribution in [2.45, 2.75) is 46.3 Å². The molecule has 2 bridgehead atoms. The van der Waals surface area contributed by atoms with Crippen molar-refractivity contribution in [3.8, 4) is 0 Å². The van der Waals surface area contributed by atoms with Crippen molar-refractivity contribution in [2.24, 2.45) is 29.1 Å². The highest BCUT2D eigenvalue weighted by Gasteiger charge is 2.60. The summed E-state index contributed by atoms with van der Waals surface area (Å²) in [6, 6.07) is 0. The quantitative estimate of drug-likeness (QED) is 0.647. The fraction of sp³-hybridized carbons (Fsp3) is 0.800. The van der Waals surface area contributed by atoms with Gasteiger partial charge in [0.1, 0.15) is 0 Å². The Labute approximate surface area is 106 Å². The summed E-state index contributed by atoms with van der Waals surface area (Å²) >= 11 is 0. The van der Waals surface area contributed by atoms with Crippen LogP contribution in [0.4, 0.5) is 0 Å². The second-order valence-electron chi connectivity index (χ2n) is 8.09. The molecule has 0 unspecified atom stereocenters. The number of hydrogen-bond donors (Lipinski definition) is 0. The normalized spacial score (nSPS) is 42.9. The van der Waals surface area contributed by atoms with E-state index in [0.717, 1.165) is 5.92 Å². The van der Waals surface area contributed by atoms with Gasteiger partial charge in [-0.25, -0.2) is 0 Å². The van der Waals surface area contributed by atoms with Crippen LogP contribution < -0.4 is 0 Å². The Hall–Kier alpha value is -0.373. The molecule has 0 aromatic rings. The lowest BCUT2D eigenvalue weighted by atomic mass is 9.68. The Bertz CT molecular complexity index is 413. The number of carbonyl (C=O) groups is 1. The van der Waals surface area contributed by atoms with Gasteiger partial charge in [-0.05, 0) is 41.2 Å². The van der Waals surface area contributed by atoms with E-state index >= 15 is 0 Å². The summed E-state index contributed by atoms with van der Waals surface area (Å²) in [4.78, 5) is 12.6. The van der Waals surface area contributed by atoms with Gasteiger partial charge >= 0.3 is 0 Å². The molecule has 2 heteroatoms. The van der Waals surface area contributed by atoms with E-state index in [2.05, 4.69) is 39.6 Å². The van der Waals surface area contributed by atoms with Crippen LogP contribution in [-0.2, 0) is 4.79 Å². The summed E-state index contributed by atoms with van der Waals surface area (Å²) in [6.45, 7) is 11.7. The Balaban J connectivity index is 1.98. The molecule has 1 nitrogen and oxygen atoms in total. The van der Waals surface area contributed by atoms with Crippen LogP contribution in [0.15, 0.2) is 11.3 Å². The minimum absolute atomic E-state index is 0.384. The van der Waals surface area contributed by atoms with Crippen LogP contribution in [0, 0.1) is 29.1 Å². The maximum absolute atomic E-state index is 12.6. The zero-order valence-corrected chi connectivity index (χ0v) is 12.7. The first-order valence-corrected chi connectivity index (χ1v) is 10.5. The molecule has 0 aromatic heterocycles. The van der Waals surface area contributed by atoms with E-state index in [1.807, 2.05) is 0 Å². The third-order valence-corrected chi connectivity index (χ3v) is 7.50. The van der Waals surface area contributed by atoms with E-state index in [-0.39, 0.29) is 0 Å². The largest absolute Gasteiger partial charge is 0.295 e. The van der Waals surface area contributed by atoms with E-state index < -0.39 is 8.07 Å². The van der Waals surface area contributed by atoms with E-state index in [9.17, 15) is 4.79 Å². The summed E-state index contributed by atoms with van der Waals surface area (Å²) in [5.41, 5.74) is 0.470. The molecule has 3 aliphatic rings. The van der Waals surface area contributed by atoms with Gasteiger partial charge in [-0.1, -0.05) is 39.6 Å². The van der Waals surface area contributed by atoms with Gasteiger partial charge in [0.2, 0.25) is 0 Å². The van der Waals surface area contributed by atoms with Crippen LogP contribution in [0.2, 0.25) is 19.6 Å². The maximum Gasteiger partial charge on any atom is 0.158 e. The van der Waals surface area contributed by atoms with Gasteiger partial charge in [-0.15, -0.1) is 0 Å². The second kappa shape index (κ2) is 3.14. The molecule has 0 N–H and O–H groups in total. The fourth-order valence-corrected chi connectivity index (χ4v) is 6.35. The summed E-state index contributed by atoms with van der Waals surface area (Å²) < 4.78 is 0. The summed E-state index contributed by atoms with van der Waals surface area (Å²) in [7, 11) is -1.42. The van der Waals surface area contributed by atoms with Crippen LogP contribution in [0.25, 0.3) is 0 Å². The fourth-order valence-electron chi connectivity index (χ4n) is 4.75. The number of Topliss-reactive ketones (excluding diaryl/α,β-unsaturated/α-hetero) is 1. The topological polar surface area (TPSA) is 17.1 Å². The monoisotopic (exact) mass is 248 g/mol. The van der Waals surface area contributed by atoms with Crippen molar-refractivity contribution in [1.82, 2.24) is 0 Å².